The summed E-state index contributed by atoms with van der Waals surface area (Å²) in [4.78, 5) is 9.05. The molecule has 0 aliphatic carbocycles. The molecule has 17 heavy (non-hydrogen) atoms. The van der Waals surface area contributed by atoms with Crippen molar-refractivity contribution >= 4 is 5.82 Å². The Morgan fingerprint density at radius 3 is 2.88 bits per heavy atom. The second-order valence-corrected chi connectivity index (χ2v) is 4.90. The zero-order valence-electron chi connectivity index (χ0n) is 10.8. The van der Waals surface area contributed by atoms with Crippen molar-refractivity contribution in [2.75, 3.05) is 31.6 Å². The highest BCUT2D eigenvalue weighted by molar-refractivity contribution is 5.42. The van der Waals surface area contributed by atoms with Gasteiger partial charge in [-0.2, -0.15) is 0 Å². The standard InChI is InChI=1S/C13H21N3O/c1-10-9-16(7-6-15(10)3)13-8-12(11(2)17)4-5-14-13/h4-5,8,10-11,17H,6-7,9H2,1-3H3. The van der Waals surface area contributed by atoms with E-state index in [0.29, 0.717) is 6.04 Å². The molecule has 0 spiro atoms. The van der Waals surface area contributed by atoms with Crippen molar-refractivity contribution in [3.8, 4) is 0 Å². The normalized spacial score (nSPS) is 23.8. The first-order chi connectivity index (χ1) is 8.08. The van der Waals surface area contributed by atoms with E-state index < -0.39 is 6.10 Å². The van der Waals surface area contributed by atoms with Gasteiger partial charge in [-0.15, -0.1) is 0 Å². The smallest absolute Gasteiger partial charge is 0.128 e. The van der Waals surface area contributed by atoms with Crippen LogP contribution in [0.2, 0.25) is 0 Å². The Bertz CT molecular complexity index is 381. The molecule has 1 N–H and O–H groups in total. The fourth-order valence-corrected chi connectivity index (χ4v) is 2.12. The molecule has 2 heterocycles. The molecule has 1 aliphatic rings. The molecule has 0 bridgehead atoms. The van der Waals surface area contributed by atoms with Crippen molar-refractivity contribution in [2.24, 2.45) is 0 Å². The van der Waals surface area contributed by atoms with Gasteiger partial charge < -0.3 is 14.9 Å². The van der Waals surface area contributed by atoms with Crippen LogP contribution in [0.1, 0.15) is 25.5 Å². The highest BCUT2D eigenvalue weighted by Gasteiger charge is 2.21. The van der Waals surface area contributed by atoms with Crippen molar-refractivity contribution in [1.82, 2.24) is 9.88 Å². The molecule has 0 aromatic carbocycles. The van der Waals surface area contributed by atoms with E-state index in [0.717, 1.165) is 31.0 Å². The van der Waals surface area contributed by atoms with Crippen molar-refractivity contribution < 1.29 is 5.11 Å². The van der Waals surface area contributed by atoms with Gasteiger partial charge in [0.15, 0.2) is 0 Å². The summed E-state index contributed by atoms with van der Waals surface area (Å²) >= 11 is 0. The molecule has 1 aromatic heterocycles. The minimum atomic E-state index is -0.429. The maximum Gasteiger partial charge on any atom is 0.128 e. The molecule has 0 radical (unpaired) electrons. The largest absolute Gasteiger partial charge is 0.389 e. The van der Waals surface area contributed by atoms with Crippen molar-refractivity contribution in [3.05, 3.63) is 23.9 Å². The Balaban J connectivity index is 2.14. The Morgan fingerprint density at radius 2 is 2.24 bits per heavy atom. The Kier molecular flexibility index (Phi) is 3.64. The molecule has 2 rings (SSSR count). The number of nitrogens with zero attached hydrogens (tertiary/aromatic N) is 3. The van der Waals surface area contributed by atoms with Crippen LogP contribution in [0.5, 0.6) is 0 Å². The monoisotopic (exact) mass is 235 g/mol. The third-order valence-corrected chi connectivity index (χ3v) is 3.54. The van der Waals surface area contributed by atoms with Crippen LogP contribution < -0.4 is 4.90 Å². The molecular weight excluding hydrogens is 214 g/mol. The minimum absolute atomic E-state index is 0.429. The number of hydrogen-bond acceptors (Lipinski definition) is 4. The van der Waals surface area contributed by atoms with Gasteiger partial charge in [0.05, 0.1) is 6.10 Å². The van der Waals surface area contributed by atoms with Crippen LogP contribution in [-0.2, 0) is 0 Å². The van der Waals surface area contributed by atoms with Crippen molar-refractivity contribution in [2.45, 2.75) is 26.0 Å². The van der Waals surface area contributed by atoms with E-state index in [-0.39, 0.29) is 0 Å². The highest BCUT2D eigenvalue weighted by atomic mass is 16.3. The van der Waals surface area contributed by atoms with E-state index in [2.05, 4.69) is 28.8 Å². The second-order valence-electron chi connectivity index (χ2n) is 4.90. The summed E-state index contributed by atoms with van der Waals surface area (Å²) in [5, 5.41) is 9.59. The molecule has 4 nitrogen and oxygen atoms in total. The molecule has 1 aliphatic heterocycles. The van der Waals surface area contributed by atoms with Crippen LogP contribution in [0.15, 0.2) is 18.3 Å². The van der Waals surface area contributed by atoms with Crippen LogP contribution in [0, 0.1) is 0 Å². The maximum atomic E-state index is 9.59. The third kappa shape index (κ3) is 2.76. The number of rotatable bonds is 2. The third-order valence-electron chi connectivity index (χ3n) is 3.54. The van der Waals surface area contributed by atoms with Crippen LogP contribution in [-0.4, -0.2) is 47.7 Å². The summed E-state index contributed by atoms with van der Waals surface area (Å²) < 4.78 is 0. The molecule has 2 unspecified atom stereocenters. The van der Waals surface area contributed by atoms with Crippen LogP contribution in [0.3, 0.4) is 0 Å². The van der Waals surface area contributed by atoms with Crippen LogP contribution >= 0.6 is 0 Å². The summed E-state index contributed by atoms with van der Waals surface area (Å²) in [6.07, 6.45) is 1.35. The van der Waals surface area contributed by atoms with Gasteiger partial charge in [-0.1, -0.05) is 0 Å². The first-order valence-electron chi connectivity index (χ1n) is 6.17. The number of anilines is 1. The topological polar surface area (TPSA) is 39.6 Å². The number of hydrogen-bond donors (Lipinski definition) is 1. The highest BCUT2D eigenvalue weighted by Crippen LogP contribution is 2.20. The fraction of sp³-hybridized carbons (Fsp3) is 0.615. The van der Waals surface area contributed by atoms with Crippen LogP contribution in [0.4, 0.5) is 5.82 Å². The van der Waals surface area contributed by atoms with Gasteiger partial charge in [-0.05, 0) is 38.6 Å². The maximum absolute atomic E-state index is 9.59. The van der Waals surface area contributed by atoms with Gasteiger partial charge in [0.25, 0.3) is 0 Å². The zero-order valence-corrected chi connectivity index (χ0v) is 10.8. The lowest BCUT2D eigenvalue weighted by Gasteiger charge is -2.38. The lowest BCUT2D eigenvalue weighted by molar-refractivity contribution is 0.199. The van der Waals surface area contributed by atoms with Crippen LogP contribution in [0.25, 0.3) is 0 Å². The number of aromatic nitrogens is 1. The Morgan fingerprint density at radius 1 is 1.47 bits per heavy atom. The molecule has 1 fully saturated rings. The Labute approximate surface area is 103 Å². The summed E-state index contributed by atoms with van der Waals surface area (Å²) in [6, 6.07) is 4.40. The van der Waals surface area contributed by atoms with Gasteiger partial charge in [0.2, 0.25) is 0 Å². The fourth-order valence-electron chi connectivity index (χ4n) is 2.12. The van der Waals surface area contributed by atoms with Gasteiger partial charge in [0.1, 0.15) is 5.82 Å². The first kappa shape index (κ1) is 12.3. The zero-order chi connectivity index (χ0) is 12.4. The van der Waals surface area contributed by atoms with E-state index in [1.54, 1.807) is 13.1 Å². The predicted octanol–water partition coefficient (Wildman–Crippen LogP) is 1.28. The van der Waals surface area contributed by atoms with E-state index in [1.165, 1.54) is 0 Å². The summed E-state index contributed by atoms with van der Waals surface area (Å²) in [6.45, 7) is 7.06. The molecule has 1 aromatic rings. The van der Waals surface area contributed by atoms with Crippen molar-refractivity contribution in [3.63, 3.8) is 0 Å². The second kappa shape index (κ2) is 5.02. The number of likely N-dealkylation sites (N-methyl/N-ethyl adjacent to an activating group) is 1. The summed E-state index contributed by atoms with van der Waals surface area (Å²) in [7, 11) is 2.15. The van der Waals surface area contributed by atoms with E-state index in [4.69, 9.17) is 0 Å². The molecule has 2 atom stereocenters. The molecule has 1 saturated heterocycles. The van der Waals surface area contributed by atoms with E-state index in [9.17, 15) is 5.11 Å². The van der Waals surface area contributed by atoms with E-state index in [1.807, 2.05) is 12.1 Å². The van der Waals surface area contributed by atoms with E-state index >= 15 is 0 Å². The number of pyridine rings is 1. The molecular formula is C13H21N3O. The molecule has 94 valence electrons. The average molecular weight is 235 g/mol. The van der Waals surface area contributed by atoms with Crippen molar-refractivity contribution in [1.29, 1.82) is 0 Å². The number of piperazine rings is 1. The SMILES string of the molecule is CC(O)c1ccnc(N2CCN(C)C(C)C2)c1. The first-order valence-corrected chi connectivity index (χ1v) is 6.17. The Hall–Kier alpha value is -1.13. The molecule has 4 heteroatoms. The molecule has 0 saturated carbocycles. The van der Waals surface area contributed by atoms with Gasteiger partial charge in [-0.25, -0.2) is 4.98 Å². The average Bonchev–Trinajstić information content (AvgIpc) is 2.33. The minimum Gasteiger partial charge on any atom is -0.389 e. The quantitative estimate of drug-likeness (QED) is 0.838. The van der Waals surface area contributed by atoms with Gasteiger partial charge in [-0.3, -0.25) is 0 Å². The predicted molar refractivity (Wildman–Crippen MR) is 69.2 cm³/mol. The molecule has 0 amide bonds. The summed E-state index contributed by atoms with van der Waals surface area (Å²) in [5.74, 6) is 0.975. The number of aliphatic hydroxyl groups excluding tert-OH is 1. The lowest BCUT2D eigenvalue weighted by Crippen LogP contribution is -2.50. The van der Waals surface area contributed by atoms with Gasteiger partial charge >= 0.3 is 0 Å². The van der Waals surface area contributed by atoms with Gasteiger partial charge in [0, 0.05) is 31.9 Å². The lowest BCUT2D eigenvalue weighted by atomic mass is 10.1. The summed E-state index contributed by atoms with van der Waals surface area (Å²) in [5.41, 5.74) is 0.932. The number of aliphatic hydroxyl groups is 1.